The highest BCUT2D eigenvalue weighted by Crippen LogP contribution is 2.12. The normalized spacial score (nSPS) is 10.5. The fourth-order valence-electron chi connectivity index (χ4n) is 1.53. The largest absolute Gasteiger partial charge is 0.459 e. The van der Waals surface area contributed by atoms with Crippen LogP contribution < -0.4 is 11.3 Å². The molecule has 1 heterocycles. The Hall–Kier alpha value is -1.33. The van der Waals surface area contributed by atoms with Gasteiger partial charge in [0, 0.05) is 12.2 Å². The van der Waals surface area contributed by atoms with Gasteiger partial charge in [-0.3, -0.25) is 10.2 Å². The maximum Gasteiger partial charge on any atom is 0.301 e. The van der Waals surface area contributed by atoms with Crippen LogP contribution in [0.25, 0.3) is 0 Å². The topological polar surface area (TPSA) is 77.5 Å². The molecule has 0 radical (unpaired) electrons. The Morgan fingerprint density at radius 2 is 2.29 bits per heavy atom. The van der Waals surface area contributed by atoms with Gasteiger partial charge in [-0.1, -0.05) is 26.2 Å². The minimum absolute atomic E-state index is 0.223. The first-order valence-electron chi connectivity index (χ1n) is 5.94. The molecule has 0 spiro atoms. The third-order valence-electron chi connectivity index (χ3n) is 2.48. The highest BCUT2D eigenvalue weighted by Gasteiger charge is 2.13. The predicted molar refractivity (Wildman–Crippen MR) is 64.2 cm³/mol. The number of hydrogen-bond donors (Lipinski definition) is 2. The molecule has 5 heteroatoms. The fraction of sp³-hybridized carbons (Fsp3) is 0.583. The van der Waals surface area contributed by atoms with Crippen molar-refractivity contribution in [1.82, 2.24) is 5.43 Å². The summed E-state index contributed by atoms with van der Waals surface area (Å²) >= 11 is 0. The Morgan fingerprint density at radius 1 is 1.47 bits per heavy atom. The number of nitrogen functional groups attached to an aromatic ring is 1. The van der Waals surface area contributed by atoms with E-state index in [4.69, 9.17) is 15.0 Å². The van der Waals surface area contributed by atoms with Crippen LogP contribution in [0.3, 0.4) is 0 Å². The standard InChI is InChI=1S/C12H20N2O3/c1-2-3-4-5-7-16-9-10-6-8-17-11(10)12(15)14-13/h6,8H,2-5,7,9,13H2,1H3,(H,14,15). The zero-order valence-electron chi connectivity index (χ0n) is 10.2. The van der Waals surface area contributed by atoms with Crippen molar-refractivity contribution >= 4 is 5.91 Å². The summed E-state index contributed by atoms with van der Waals surface area (Å²) in [6, 6.07) is 1.72. The number of rotatable bonds is 8. The molecule has 1 aromatic rings. The van der Waals surface area contributed by atoms with Crippen LogP contribution in [0.15, 0.2) is 16.7 Å². The predicted octanol–water partition coefficient (Wildman–Crippen LogP) is 1.98. The van der Waals surface area contributed by atoms with Crippen molar-refractivity contribution in [2.45, 2.75) is 39.2 Å². The van der Waals surface area contributed by atoms with Gasteiger partial charge in [-0.05, 0) is 12.5 Å². The van der Waals surface area contributed by atoms with Crippen molar-refractivity contribution in [3.8, 4) is 0 Å². The van der Waals surface area contributed by atoms with Crippen molar-refractivity contribution in [3.63, 3.8) is 0 Å². The molecule has 0 saturated heterocycles. The van der Waals surface area contributed by atoms with Gasteiger partial charge in [0.1, 0.15) is 0 Å². The molecule has 1 amide bonds. The number of nitrogens with two attached hydrogens (primary N) is 1. The van der Waals surface area contributed by atoms with Gasteiger partial charge >= 0.3 is 5.91 Å². The summed E-state index contributed by atoms with van der Waals surface area (Å²) < 4.78 is 10.5. The lowest BCUT2D eigenvalue weighted by Gasteiger charge is -2.04. The Morgan fingerprint density at radius 3 is 3.00 bits per heavy atom. The van der Waals surface area contributed by atoms with E-state index in [1.54, 1.807) is 6.07 Å². The van der Waals surface area contributed by atoms with Crippen LogP contribution >= 0.6 is 0 Å². The van der Waals surface area contributed by atoms with Crippen LogP contribution in [0.1, 0.15) is 48.7 Å². The number of hydrogen-bond acceptors (Lipinski definition) is 4. The molecule has 0 aromatic carbocycles. The van der Waals surface area contributed by atoms with E-state index in [1.807, 2.05) is 5.43 Å². The number of furan rings is 1. The van der Waals surface area contributed by atoms with Crippen molar-refractivity contribution in [3.05, 3.63) is 23.7 Å². The molecule has 3 N–H and O–H groups in total. The number of amides is 1. The van der Waals surface area contributed by atoms with Gasteiger partial charge in [-0.25, -0.2) is 5.84 Å². The van der Waals surface area contributed by atoms with Crippen LogP contribution in [0.4, 0.5) is 0 Å². The second kappa shape index (κ2) is 7.86. The Labute approximate surface area is 101 Å². The van der Waals surface area contributed by atoms with Crippen molar-refractivity contribution in [2.75, 3.05) is 6.61 Å². The van der Waals surface area contributed by atoms with Gasteiger partial charge in [0.15, 0.2) is 5.76 Å². The molecule has 96 valence electrons. The van der Waals surface area contributed by atoms with Gasteiger partial charge in [-0.15, -0.1) is 0 Å². The number of nitrogens with one attached hydrogen (secondary N) is 1. The summed E-state index contributed by atoms with van der Waals surface area (Å²) in [5.41, 5.74) is 2.76. The van der Waals surface area contributed by atoms with E-state index in [9.17, 15) is 4.79 Å². The van der Waals surface area contributed by atoms with Crippen LogP contribution in [0.2, 0.25) is 0 Å². The third kappa shape index (κ3) is 4.58. The minimum atomic E-state index is -0.431. The average Bonchev–Trinajstić information content (AvgIpc) is 2.81. The number of carbonyl (C=O) groups excluding carboxylic acids is 1. The molecule has 0 aliphatic carbocycles. The molecule has 0 fully saturated rings. The molecule has 0 aliphatic heterocycles. The summed E-state index contributed by atoms with van der Waals surface area (Å²) in [5.74, 6) is 4.83. The molecule has 17 heavy (non-hydrogen) atoms. The highest BCUT2D eigenvalue weighted by atomic mass is 16.5. The van der Waals surface area contributed by atoms with E-state index in [0.29, 0.717) is 13.2 Å². The molecule has 1 aromatic heterocycles. The highest BCUT2D eigenvalue weighted by molar-refractivity contribution is 5.92. The second-order valence-electron chi connectivity index (χ2n) is 3.86. The summed E-state index contributed by atoms with van der Waals surface area (Å²) in [6.45, 7) is 3.25. The minimum Gasteiger partial charge on any atom is -0.459 e. The van der Waals surface area contributed by atoms with Crippen LogP contribution in [-0.2, 0) is 11.3 Å². The van der Waals surface area contributed by atoms with Gasteiger partial charge in [0.2, 0.25) is 0 Å². The molecule has 0 aliphatic rings. The van der Waals surface area contributed by atoms with Crippen LogP contribution in [0, 0.1) is 0 Å². The average molecular weight is 240 g/mol. The Bertz CT molecular complexity index is 336. The zero-order valence-corrected chi connectivity index (χ0v) is 10.2. The van der Waals surface area contributed by atoms with E-state index in [1.165, 1.54) is 25.5 Å². The molecule has 0 atom stereocenters. The lowest BCUT2D eigenvalue weighted by molar-refractivity contribution is 0.0906. The number of unbranched alkanes of at least 4 members (excludes halogenated alkanes) is 3. The summed E-state index contributed by atoms with van der Waals surface area (Å²) in [6.07, 6.45) is 6.13. The number of carbonyl (C=O) groups is 1. The molecule has 0 unspecified atom stereocenters. The van der Waals surface area contributed by atoms with E-state index in [0.717, 1.165) is 12.0 Å². The van der Waals surface area contributed by atoms with Crippen LogP contribution in [0.5, 0.6) is 0 Å². The summed E-state index contributed by atoms with van der Waals surface area (Å²) in [7, 11) is 0. The lowest BCUT2D eigenvalue weighted by Crippen LogP contribution is -2.30. The second-order valence-corrected chi connectivity index (χ2v) is 3.86. The lowest BCUT2D eigenvalue weighted by atomic mass is 10.2. The van der Waals surface area contributed by atoms with Gasteiger partial charge in [0.25, 0.3) is 0 Å². The van der Waals surface area contributed by atoms with E-state index in [2.05, 4.69) is 6.92 Å². The monoisotopic (exact) mass is 240 g/mol. The molecule has 0 saturated carbocycles. The Kier molecular flexibility index (Phi) is 6.35. The maximum absolute atomic E-state index is 11.3. The summed E-state index contributed by atoms with van der Waals surface area (Å²) in [4.78, 5) is 11.3. The fourth-order valence-corrected chi connectivity index (χ4v) is 1.53. The first kappa shape index (κ1) is 13.7. The van der Waals surface area contributed by atoms with Gasteiger partial charge < -0.3 is 9.15 Å². The number of ether oxygens (including phenoxy) is 1. The third-order valence-corrected chi connectivity index (χ3v) is 2.48. The molecule has 5 nitrogen and oxygen atoms in total. The quantitative estimate of drug-likeness (QED) is 0.315. The smallest absolute Gasteiger partial charge is 0.301 e. The van der Waals surface area contributed by atoms with E-state index in [-0.39, 0.29) is 5.76 Å². The molecular weight excluding hydrogens is 220 g/mol. The van der Waals surface area contributed by atoms with Crippen molar-refractivity contribution < 1.29 is 13.9 Å². The van der Waals surface area contributed by atoms with Crippen LogP contribution in [-0.4, -0.2) is 12.5 Å². The maximum atomic E-state index is 11.3. The van der Waals surface area contributed by atoms with Crippen molar-refractivity contribution in [2.24, 2.45) is 5.84 Å². The zero-order chi connectivity index (χ0) is 12.5. The summed E-state index contributed by atoms with van der Waals surface area (Å²) in [5, 5.41) is 0. The SMILES string of the molecule is CCCCCCOCc1ccoc1C(=O)NN. The van der Waals surface area contributed by atoms with E-state index >= 15 is 0 Å². The van der Waals surface area contributed by atoms with Crippen molar-refractivity contribution in [1.29, 1.82) is 0 Å². The Balaban J connectivity index is 2.27. The first-order chi connectivity index (χ1) is 8.29. The molecule has 0 bridgehead atoms. The van der Waals surface area contributed by atoms with E-state index < -0.39 is 5.91 Å². The molecule has 1 rings (SSSR count). The van der Waals surface area contributed by atoms with Gasteiger partial charge in [-0.2, -0.15) is 0 Å². The number of hydrazine groups is 1. The van der Waals surface area contributed by atoms with Gasteiger partial charge in [0.05, 0.1) is 12.9 Å². The molecular formula is C12H20N2O3. The first-order valence-corrected chi connectivity index (χ1v) is 5.94.